The number of methoxy groups -OCH3 is 1. The number of ether oxygens (including phenoxy) is 4. The molecule has 0 radical (unpaired) electrons. The predicted molar refractivity (Wildman–Crippen MR) is 338 cm³/mol. The summed E-state index contributed by atoms with van der Waals surface area (Å²) in [6.07, 6.45) is 19.0. The fourth-order valence-electron chi connectivity index (χ4n) is 19.1. The molecule has 0 amide bonds. The molecule has 7 bridgehead atoms. The molecule has 3 aliphatic heterocycles. The number of aryl methyl sites for hydroxylation is 1. The van der Waals surface area contributed by atoms with Crippen LogP contribution in [0.1, 0.15) is 193 Å². The number of allylic oxidation sites excluding steroid dienone is 4. The third-order valence-corrected chi connectivity index (χ3v) is 23.2. The van der Waals surface area contributed by atoms with E-state index in [2.05, 4.69) is 121 Å². The molecule has 5 aromatic carbocycles. The Bertz CT molecular complexity index is 3970. The van der Waals surface area contributed by atoms with E-state index in [1.54, 1.807) is 13.0 Å². The van der Waals surface area contributed by atoms with Gasteiger partial charge in [-0.3, -0.25) is 4.79 Å². The van der Waals surface area contributed by atoms with Gasteiger partial charge in [0.1, 0.15) is 11.3 Å². The van der Waals surface area contributed by atoms with Crippen LogP contribution in [0.25, 0.3) is 23.1 Å². The highest BCUT2D eigenvalue weighted by molar-refractivity contribution is 5.91. The summed E-state index contributed by atoms with van der Waals surface area (Å²) in [6, 6.07) is 37.6. The van der Waals surface area contributed by atoms with E-state index in [0.717, 1.165) is 44.1 Å². The lowest BCUT2D eigenvalue weighted by Crippen LogP contribution is -2.59. The second-order valence-corrected chi connectivity index (χ2v) is 27.4. The smallest absolute Gasteiger partial charge is 0.340 e. The summed E-state index contributed by atoms with van der Waals surface area (Å²) >= 11 is 0. The van der Waals surface area contributed by atoms with Crippen molar-refractivity contribution in [3.8, 4) is 5.75 Å². The molecule has 3 saturated carbocycles. The SMILES string of the molecule is COCC(CCO)c1c(CO)c2ccc3c(c2oc1=O)C1OC(=O)CC2CC(c4cccc(C56CCCCC5C=Cc5ccccc56)c4)C=CC2c2ccc4c(c2)C2CCC5=Cc6ccccc6C6CC(C(C2)C56)C(C)(O3)C1OC(=O)C(=C(C)CO)CC4. The lowest BCUT2D eigenvalue weighted by atomic mass is 9.56. The Labute approximate surface area is 515 Å². The molecule has 15 rings (SSSR count). The lowest BCUT2D eigenvalue weighted by molar-refractivity contribution is -0.202. The van der Waals surface area contributed by atoms with E-state index in [9.17, 15) is 20.1 Å². The molecule has 3 N–H and O–H groups in total. The maximum absolute atomic E-state index is 16.0. The Hall–Kier alpha value is -7.15. The summed E-state index contributed by atoms with van der Waals surface area (Å²) in [6.45, 7) is 2.76. The molecule has 3 fully saturated rings. The summed E-state index contributed by atoms with van der Waals surface area (Å²) in [7, 11) is 1.52. The normalized spacial score (nSPS) is 31.7. The number of esters is 2. The first-order valence-corrected chi connectivity index (χ1v) is 32.6. The Kier molecular flexibility index (Phi) is 14.8. The van der Waals surface area contributed by atoms with Gasteiger partial charge >= 0.3 is 17.6 Å². The van der Waals surface area contributed by atoms with Crippen molar-refractivity contribution in [1.82, 2.24) is 0 Å². The standard InChI is InChI=1S/C77H80O11/c1-43(40-79)56-26-23-44-18-19-49-36-60(44)50-20-21-51-34-48-12-4-6-16-58(48)61-39-65(62(37-50)68(51)61)76(2)73(87-74(56)82)72(70-66(88-76)29-28-59-63(41-80)69(75(83)86-71(59)70)52(30-32-78)42-84-3)85-67(81)38-53-33-47(24-27-57(49)53)46-13-10-15-55(35-46)77-31-9-8-14-54(77)25-22-45-11-5-7-17-64(45)77/h4-7,10-13,15-19,22,24-25,27-29,34-36,47,50,52-54,57,61-62,65,68,72-73,78-80H,8-9,14,20-21,23,26,30-33,37-42H2,1-3H3. The van der Waals surface area contributed by atoms with E-state index in [-0.39, 0.29) is 102 Å². The van der Waals surface area contributed by atoms with Crippen LogP contribution < -0.4 is 10.4 Å². The van der Waals surface area contributed by atoms with Crippen LogP contribution in [0.15, 0.2) is 147 Å². The number of benzene rings is 5. The minimum Gasteiger partial charge on any atom is -0.483 e. The Morgan fingerprint density at radius 3 is 2.50 bits per heavy atom. The highest BCUT2D eigenvalue weighted by Crippen LogP contribution is 2.65. The van der Waals surface area contributed by atoms with Gasteiger partial charge in [-0.05, 0) is 187 Å². The van der Waals surface area contributed by atoms with Gasteiger partial charge in [0.25, 0.3) is 0 Å². The summed E-state index contributed by atoms with van der Waals surface area (Å²) in [5, 5.41) is 32.9. The van der Waals surface area contributed by atoms with Gasteiger partial charge in [-0.25, -0.2) is 9.59 Å². The fraction of sp³-hybridized carbons (Fsp3) is 0.442. The molecular formula is C77H80O11. The van der Waals surface area contributed by atoms with E-state index < -0.39 is 47.9 Å². The van der Waals surface area contributed by atoms with Crippen molar-refractivity contribution < 1.29 is 48.3 Å². The zero-order chi connectivity index (χ0) is 60.2. The monoisotopic (exact) mass is 1180 g/mol. The van der Waals surface area contributed by atoms with Crippen molar-refractivity contribution in [2.45, 2.75) is 157 Å². The van der Waals surface area contributed by atoms with Crippen LogP contribution in [0.2, 0.25) is 0 Å². The fourth-order valence-corrected chi connectivity index (χ4v) is 19.1. The van der Waals surface area contributed by atoms with E-state index in [0.29, 0.717) is 59.4 Å². The zero-order valence-electron chi connectivity index (χ0n) is 50.8. The number of fused-ring (bicyclic) bond motifs is 12. The van der Waals surface area contributed by atoms with Gasteiger partial charge in [0.15, 0.2) is 17.8 Å². The van der Waals surface area contributed by atoms with E-state index in [1.165, 1.54) is 63.6 Å². The number of aliphatic hydroxyl groups excluding tert-OH is 3. The molecule has 14 atom stereocenters. The molecule has 9 aliphatic rings. The number of hydrogen-bond acceptors (Lipinski definition) is 11. The van der Waals surface area contributed by atoms with Gasteiger partial charge in [0.2, 0.25) is 0 Å². The lowest BCUT2D eigenvalue weighted by Gasteiger charge is -2.50. The molecule has 454 valence electrons. The number of hydrogen-bond donors (Lipinski definition) is 3. The van der Waals surface area contributed by atoms with E-state index >= 15 is 9.59 Å². The predicted octanol–water partition coefficient (Wildman–Crippen LogP) is 14.1. The molecule has 0 saturated heterocycles. The van der Waals surface area contributed by atoms with Crippen molar-refractivity contribution in [1.29, 1.82) is 0 Å². The Morgan fingerprint density at radius 2 is 1.66 bits per heavy atom. The van der Waals surface area contributed by atoms with Crippen molar-refractivity contribution >= 4 is 35.1 Å². The maximum atomic E-state index is 16.0. The minimum atomic E-state index is -1.37. The Morgan fingerprint density at radius 1 is 0.807 bits per heavy atom. The number of carbonyl (C=O) groups excluding carboxylic acids is 2. The first-order valence-electron chi connectivity index (χ1n) is 32.6. The second kappa shape index (κ2) is 22.7. The van der Waals surface area contributed by atoms with Gasteiger partial charge in [0.05, 0.1) is 25.4 Å². The second-order valence-electron chi connectivity index (χ2n) is 27.4. The average molecular weight is 1180 g/mol. The largest absolute Gasteiger partial charge is 0.483 e. The first kappa shape index (κ1) is 57.3. The average Bonchev–Trinajstić information content (AvgIpc) is 2.05. The molecule has 11 nitrogen and oxygen atoms in total. The Balaban J connectivity index is 0.937. The van der Waals surface area contributed by atoms with Crippen LogP contribution in [-0.2, 0) is 42.2 Å². The quantitative estimate of drug-likeness (QED) is 0.0547. The van der Waals surface area contributed by atoms with Crippen LogP contribution in [0.5, 0.6) is 5.75 Å². The van der Waals surface area contributed by atoms with Gasteiger partial charge < -0.3 is 38.7 Å². The minimum absolute atomic E-state index is 0.0129. The van der Waals surface area contributed by atoms with Crippen LogP contribution in [0, 0.1) is 29.6 Å². The summed E-state index contributed by atoms with van der Waals surface area (Å²) in [5.41, 5.74) is 12.2. The van der Waals surface area contributed by atoms with Crippen LogP contribution in [0.4, 0.5) is 0 Å². The topological polar surface area (TPSA) is 162 Å². The highest BCUT2D eigenvalue weighted by atomic mass is 16.6. The molecule has 6 aromatic rings. The summed E-state index contributed by atoms with van der Waals surface area (Å²) < 4.78 is 34.1. The number of aliphatic hydroxyl groups is 3. The first-order chi connectivity index (χ1) is 42.9. The molecule has 88 heavy (non-hydrogen) atoms. The van der Waals surface area contributed by atoms with E-state index in [1.807, 2.05) is 13.0 Å². The van der Waals surface area contributed by atoms with Gasteiger partial charge in [-0.15, -0.1) is 0 Å². The van der Waals surface area contributed by atoms with Gasteiger partial charge in [-0.1, -0.05) is 140 Å². The molecule has 4 heterocycles. The molecule has 1 aromatic heterocycles. The molecule has 14 unspecified atom stereocenters. The third kappa shape index (κ3) is 9.20. The van der Waals surface area contributed by atoms with Crippen molar-refractivity contribution in [2.75, 3.05) is 26.9 Å². The summed E-state index contributed by atoms with van der Waals surface area (Å²) in [5.74, 6) is -1.20. The molecule has 11 heteroatoms. The summed E-state index contributed by atoms with van der Waals surface area (Å²) in [4.78, 5) is 46.5. The van der Waals surface area contributed by atoms with E-state index in [4.69, 9.17) is 23.4 Å². The van der Waals surface area contributed by atoms with Crippen molar-refractivity contribution in [2.24, 2.45) is 29.6 Å². The molecule has 0 spiro atoms. The van der Waals surface area contributed by atoms with Crippen molar-refractivity contribution in [3.05, 3.63) is 215 Å². The molecular weight excluding hydrogens is 1100 g/mol. The highest BCUT2D eigenvalue weighted by Gasteiger charge is 2.63. The molecule has 6 aliphatic carbocycles. The van der Waals surface area contributed by atoms with Gasteiger partial charge in [-0.2, -0.15) is 0 Å². The van der Waals surface area contributed by atoms with Crippen molar-refractivity contribution in [3.63, 3.8) is 0 Å². The third-order valence-electron chi connectivity index (χ3n) is 23.2. The van der Waals surface area contributed by atoms with Crippen LogP contribution in [-0.4, -0.2) is 65.9 Å². The zero-order valence-corrected chi connectivity index (χ0v) is 50.8. The maximum Gasteiger partial charge on any atom is 0.340 e. The van der Waals surface area contributed by atoms with Gasteiger partial charge in [0, 0.05) is 65.7 Å². The number of rotatable bonds is 9. The van der Waals surface area contributed by atoms with Crippen LogP contribution >= 0.6 is 0 Å². The number of carbonyl (C=O) groups is 2. The van der Waals surface area contributed by atoms with Crippen LogP contribution in [0.3, 0.4) is 0 Å².